The van der Waals surface area contributed by atoms with Crippen LogP contribution >= 0.6 is 0 Å². The van der Waals surface area contributed by atoms with Crippen molar-refractivity contribution in [2.75, 3.05) is 534 Å². The van der Waals surface area contributed by atoms with Crippen LogP contribution in [-0.4, -0.2) is 689 Å². The van der Waals surface area contributed by atoms with E-state index in [1.165, 1.54) is 0 Å². The van der Waals surface area contributed by atoms with E-state index in [0.29, 0.717) is 131 Å². The number of piperazine rings is 10. The Kier molecular flexibility index (Phi) is 74.6. The fourth-order valence-corrected chi connectivity index (χ4v) is 15.1. The van der Waals surface area contributed by atoms with Crippen molar-refractivity contribution < 1.29 is 47.9 Å². The number of rotatable bonds is 40. The van der Waals surface area contributed by atoms with Crippen molar-refractivity contribution in [2.24, 2.45) is 0 Å². The van der Waals surface area contributed by atoms with Gasteiger partial charge in [-0.3, -0.25) is 96.9 Å². The summed E-state index contributed by atoms with van der Waals surface area (Å²) in [6.07, 6.45) is 0. The van der Waals surface area contributed by atoms with Gasteiger partial charge in [-0.15, -0.1) is 0 Å². The molecule has 760 valence electrons. The normalized spacial score (nSPS) is 20.5. The molecular formula is C90H190N30O10. The molecule has 0 spiro atoms. The van der Waals surface area contributed by atoms with Crippen molar-refractivity contribution in [1.82, 2.24) is 151 Å². The largest absolute Gasteiger partial charge is 0.313 e. The van der Waals surface area contributed by atoms with Gasteiger partial charge in [0.05, 0.1) is 131 Å². The minimum atomic E-state index is 0.284. The number of ketones is 10. The molecule has 10 heterocycles. The van der Waals surface area contributed by atoms with Crippen LogP contribution in [0, 0.1) is 0 Å². The fraction of sp³-hybridized carbons (Fsp3) is 0.889. The predicted molar refractivity (Wildman–Crippen MR) is 529 cm³/mol. The summed E-state index contributed by atoms with van der Waals surface area (Å²) in [7, 11) is 39.3. The van der Waals surface area contributed by atoms with Crippen molar-refractivity contribution >= 4 is 57.8 Å². The quantitative estimate of drug-likeness (QED) is 0.0272. The lowest BCUT2D eigenvalue weighted by Gasteiger charge is -2.31. The molecule has 0 aliphatic carbocycles. The minimum absolute atomic E-state index is 0.284. The molecule has 0 bridgehead atoms. The van der Waals surface area contributed by atoms with Gasteiger partial charge in [-0.2, -0.15) is 0 Å². The molecule has 10 saturated heterocycles. The highest BCUT2D eigenvalue weighted by atomic mass is 16.2. The van der Waals surface area contributed by atoms with Crippen LogP contribution in [0.5, 0.6) is 0 Å². The van der Waals surface area contributed by atoms with E-state index in [4.69, 9.17) is 0 Å². The third kappa shape index (κ3) is 67.7. The number of nitrogens with zero attached hydrogens (tertiary/aromatic N) is 20. The number of carbonyl (C=O) groups excluding carboxylic acids is 10. The first-order valence-electron chi connectivity index (χ1n) is 47.9. The highest BCUT2D eigenvalue weighted by Crippen LogP contribution is 2.07. The Bertz CT molecular complexity index is 2270. The zero-order valence-electron chi connectivity index (χ0n) is 85.5. The van der Waals surface area contributed by atoms with Crippen molar-refractivity contribution in [3.05, 3.63) is 0 Å². The topological polar surface area (TPSA) is 356 Å². The van der Waals surface area contributed by atoms with Gasteiger partial charge in [0.15, 0.2) is 57.8 Å². The van der Waals surface area contributed by atoms with Gasteiger partial charge in [0, 0.05) is 262 Å². The molecule has 0 unspecified atom stereocenters. The number of likely N-dealkylation sites (N-methyl/N-ethyl adjacent to an activating group) is 20. The summed E-state index contributed by atoms with van der Waals surface area (Å²) < 4.78 is 0. The van der Waals surface area contributed by atoms with Crippen LogP contribution in [0.3, 0.4) is 0 Å². The molecule has 0 aromatic rings. The summed E-state index contributed by atoms with van der Waals surface area (Å²) >= 11 is 0. The molecule has 10 fully saturated rings. The van der Waals surface area contributed by atoms with Crippen molar-refractivity contribution in [1.29, 1.82) is 0 Å². The van der Waals surface area contributed by atoms with Gasteiger partial charge in [0.25, 0.3) is 0 Å². The number of hydrogen-bond acceptors (Lipinski definition) is 40. The summed E-state index contributed by atoms with van der Waals surface area (Å²) in [6.45, 7) is 52.9. The van der Waals surface area contributed by atoms with Crippen LogP contribution in [0.25, 0.3) is 0 Å². The van der Waals surface area contributed by atoms with E-state index in [0.717, 1.165) is 262 Å². The van der Waals surface area contributed by atoms with Crippen LogP contribution in [0.1, 0.15) is 0 Å². The molecule has 40 nitrogen and oxygen atoms in total. The summed E-state index contributed by atoms with van der Waals surface area (Å²) in [4.78, 5) is 158. The number of nitrogens with one attached hydrogen (secondary N) is 10. The Morgan fingerprint density at radius 2 is 0.192 bits per heavy atom. The monoisotopic (exact) mass is 1850 g/mol. The maximum absolute atomic E-state index is 11.3. The highest BCUT2D eigenvalue weighted by Gasteiger charge is 2.25. The first-order chi connectivity index (χ1) is 62.2. The third-order valence-electron chi connectivity index (χ3n) is 23.7. The van der Waals surface area contributed by atoms with Crippen LogP contribution < -0.4 is 53.2 Å². The lowest BCUT2D eigenvalue weighted by atomic mass is 10.3. The van der Waals surface area contributed by atoms with Gasteiger partial charge in [0.2, 0.25) is 0 Å². The van der Waals surface area contributed by atoms with E-state index in [1.807, 2.05) is 70.5 Å². The average Bonchev–Trinajstić information content (AvgIpc) is 0.977. The molecule has 0 amide bonds. The second-order valence-electron chi connectivity index (χ2n) is 36.5. The second kappa shape index (κ2) is 78.5. The van der Waals surface area contributed by atoms with E-state index in [-0.39, 0.29) is 57.8 Å². The standard InChI is InChI=1S/10C9H19N3O/c10*1-10-7-9(13)8-12-5-3-11(2)4-6-12/h10*10H,3-8H2,1-2H3. The molecule has 0 saturated carbocycles. The Balaban J connectivity index is 0.000000722. The molecule has 0 radical (unpaired) electrons. The van der Waals surface area contributed by atoms with E-state index < -0.39 is 0 Å². The number of hydrogen-bond donors (Lipinski definition) is 10. The van der Waals surface area contributed by atoms with Crippen LogP contribution in [-0.2, 0) is 47.9 Å². The first-order valence-corrected chi connectivity index (χ1v) is 47.9. The molecule has 0 atom stereocenters. The molecule has 0 aromatic heterocycles. The second-order valence-corrected chi connectivity index (χ2v) is 36.5. The van der Waals surface area contributed by atoms with Crippen molar-refractivity contribution in [3.8, 4) is 0 Å². The molecule has 0 aromatic carbocycles. The average molecular weight is 1850 g/mol. The Morgan fingerprint density at radius 3 is 0.246 bits per heavy atom. The minimum Gasteiger partial charge on any atom is -0.313 e. The van der Waals surface area contributed by atoms with Gasteiger partial charge in [-0.05, 0) is 141 Å². The van der Waals surface area contributed by atoms with Crippen molar-refractivity contribution in [3.63, 3.8) is 0 Å². The first kappa shape index (κ1) is 124. The molecule has 10 aliphatic heterocycles. The molecule has 10 N–H and O–H groups in total. The summed E-state index contributed by atoms with van der Waals surface area (Å²) in [5.41, 5.74) is 0. The van der Waals surface area contributed by atoms with E-state index in [1.54, 1.807) is 0 Å². The lowest BCUT2D eigenvalue weighted by Crippen LogP contribution is -2.47. The highest BCUT2D eigenvalue weighted by molar-refractivity contribution is 5.86. The summed E-state index contributed by atoms with van der Waals surface area (Å²) in [5, 5.41) is 28.8. The van der Waals surface area contributed by atoms with Gasteiger partial charge in [-0.1, -0.05) is 0 Å². The maximum Gasteiger partial charge on any atom is 0.160 e. The lowest BCUT2D eigenvalue weighted by molar-refractivity contribution is -0.120. The molecule has 10 aliphatic rings. The maximum atomic E-state index is 11.3. The van der Waals surface area contributed by atoms with Gasteiger partial charge >= 0.3 is 0 Å². The Hall–Kier alpha value is -4.50. The summed E-state index contributed by atoms with van der Waals surface area (Å²) in [6, 6.07) is 0. The van der Waals surface area contributed by atoms with Crippen LogP contribution in [0.4, 0.5) is 0 Å². The summed E-state index contributed by atoms with van der Waals surface area (Å²) in [5.74, 6) is 2.84. The van der Waals surface area contributed by atoms with Crippen LogP contribution in [0.2, 0.25) is 0 Å². The SMILES string of the molecule is CNCC(=O)CN1CCN(C)CC1.CNCC(=O)CN1CCN(C)CC1.CNCC(=O)CN1CCN(C)CC1.CNCC(=O)CN1CCN(C)CC1.CNCC(=O)CN1CCN(C)CC1.CNCC(=O)CN1CCN(C)CC1.CNCC(=O)CN1CCN(C)CC1.CNCC(=O)CN1CCN(C)CC1.CNCC(=O)CN1CCN(C)CC1.CNCC(=O)CN1CCN(C)CC1. The molecular weight excluding hydrogens is 1660 g/mol. The van der Waals surface area contributed by atoms with E-state index in [2.05, 4.69) is 222 Å². The number of carbonyl (C=O) groups is 10. The van der Waals surface area contributed by atoms with Gasteiger partial charge in [0.1, 0.15) is 0 Å². The smallest absolute Gasteiger partial charge is 0.160 e. The van der Waals surface area contributed by atoms with Crippen LogP contribution in [0.15, 0.2) is 0 Å². The third-order valence-corrected chi connectivity index (χ3v) is 23.7. The fourth-order valence-electron chi connectivity index (χ4n) is 15.1. The Morgan fingerprint density at radius 1 is 0.131 bits per heavy atom. The predicted octanol–water partition coefficient (Wildman–Crippen LogP) is -9.78. The van der Waals surface area contributed by atoms with Crippen molar-refractivity contribution in [2.45, 2.75) is 0 Å². The molecule has 130 heavy (non-hydrogen) atoms. The Labute approximate surface area is 787 Å². The molecule has 10 rings (SSSR count). The number of Topliss-reactive ketones (excluding diaryl/α,β-unsaturated/α-hetero) is 10. The molecule has 40 heteroatoms. The zero-order valence-corrected chi connectivity index (χ0v) is 85.5. The zero-order chi connectivity index (χ0) is 96.8. The van der Waals surface area contributed by atoms with Gasteiger partial charge in [-0.25, -0.2) is 0 Å². The van der Waals surface area contributed by atoms with Gasteiger partial charge < -0.3 is 102 Å². The van der Waals surface area contributed by atoms with E-state index >= 15 is 0 Å². The van der Waals surface area contributed by atoms with E-state index in [9.17, 15) is 47.9 Å².